The zero-order valence-electron chi connectivity index (χ0n) is 8.00. The fourth-order valence-corrected chi connectivity index (χ4v) is 2.33. The lowest BCUT2D eigenvalue weighted by Crippen LogP contribution is -2.34. The lowest BCUT2D eigenvalue weighted by Gasteiger charge is -2.19. The van der Waals surface area contributed by atoms with Gasteiger partial charge in [-0.15, -0.1) is 0 Å². The van der Waals surface area contributed by atoms with Gasteiger partial charge in [-0.1, -0.05) is 17.7 Å². The molecule has 0 bridgehead atoms. The Bertz CT molecular complexity index is 529. The topological polar surface area (TPSA) is 60.2 Å². The Kier molecular flexibility index (Phi) is 3.70. The van der Waals surface area contributed by atoms with Crippen LogP contribution in [0.15, 0.2) is 18.2 Å². The van der Waals surface area contributed by atoms with Crippen LogP contribution in [-0.4, -0.2) is 14.6 Å². The summed E-state index contributed by atoms with van der Waals surface area (Å²) in [7, 11) is -5.02. The Morgan fingerprint density at radius 2 is 1.82 bits per heavy atom. The van der Waals surface area contributed by atoms with Crippen molar-refractivity contribution in [2.75, 3.05) is 0 Å². The van der Waals surface area contributed by atoms with Gasteiger partial charge in [0.15, 0.2) is 5.25 Å². The van der Waals surface area contributed by atoms with E-state index >= 15 is 0 Å². The Morgan fingerprint density at radius 3 is 2.18 bits per heavy atom. The molecule has 9 heteroatoms. The fraction of sp³-hybridized carbons (Fsp3) is 0.250. The Labute approximate surface area is 99.2 Å². The maximum atomic E-state index is 13.3. The minimum Gasteiger partial charge on any atom is -0.228 e. The van der Waals surface area contributed by atoms with Gasteiger partial charge in [-0.3, -0.25) is 0 Å². The molecule has 0 saturated carbocycles. The first-order valence-corrected chi connectivity index (χ1v) is 6.05. The third-order valence-electron chi connectivity index (χ3n) is 1.87. The second kappa shape index (κ2) is 4.43. The molecule has 0 aliphatic carbocycles. The van der Waals surface area contributed by atoms with Gasteiger partial charge in [0.1, 0.15) is 5.82 Å². The van der Waals surface area contributed by atoms with Crippen LogP contribution in [0.1, 0.15) is 10.8 Å². The van der Waals surface area contributed by atoms with Crippen LogP contribution < -0.4 is 5.14 Å². The summed E-state index contributed by atoms with van der Waals surface area (Å²) < 4.78 is 72.6. The van der Waals surface area contributed by atoms with Gasteiger partial charge in [-0.25, -0.2) is 17.9 Å². The maximum absolute atomic E-state index is 13.3. The highest BCUT2D eigenvalue weighted by Gasteiger charge is 2.49. The van der Waals surface area contributed by atoms with E-state index in [2.05, 4.69) is 5.14 Å². The molecule has 1 rings (SSSR count). The summed E-state index contributed by atoms with van der Waals surface area (Å²) in [4.78, 5) is 0. The standard InChI is InChI=1S/C8H6ClF4NO2S/c9-4-1-2-5(6(10)3-4)7(8(11,12)13)17(14,15)16/h1-3,7H,(H2,14,15,16). The highest BCUT2D eigenvalue weighted by atomic mass is 35.5. The molecule has 0 spiro atoms. The quantitative estimate of drug-likeness (QED) is 0.850. The molecule has 0 heterocycles. The Balaban J connectivity index is 3.44. The fourth-order valence-electron chi connectivity index (χ4n) is 1.25. The molecule has 0 saturated heterocycles. The number of hydrogen-bond acceptors (Lipinski definition) is 2. The zero-order valence-corrected chi connectivity index (χ0v) is 9.57. The molecular formula is C8H6ClF4NO2S. The van der Waals surface area contributed by atoms with Crippen molar-refractivity contribution in [1.29, 1.82) is 0 Å². The summed E-state index contributed by atoms with van der Waals surface area (Å²) in [6.07, 6.45) is -5.21. The monoisotopic (exact) mass is 291 g/mol. The van der Waals surface area contributed by atoms with Crippen molar-refractivity contribution in [3.63, 3.8) is 0 Å². The van der Waals surface area contributed by atoms with E-state index < -0.39 is 32.8 Å². The van der Waals surface area contributed by atoms with E-state index in [0.29, 0.717) is 12.1 Å². The minimum atomic E-state index is -5.21. The molecule has 0 fully saturated rings. The normalized spacial score (nSPS) is 14.7. The van der Waals surface area contributed by atoms with Crippen LogP contribution in [0.5, 0.6) is 0 Å². The van der Waals surface area contributed by atoms with E-state index in [0.717, 1.165) is 6.07 Å². The van der Waals surface area contributed by atoms with Crippen molar-refractivity contribution in [2.45, 2.75) is 11.4 Å². The molecule has 1 atom stereocenters. The lowest BCUT2D eigenvalue weighted by atomic mass is 10.1. The van der Waals surface area contributed by atoms with Crippen molar-refractivity contribution in [1.82, 2.24) is 0 Å². The van der Waals surface area contributed by atoms with Gasteiger partial charge in [0.25, 0.3) is 0 Å². The Morgan fingerprint density at radius 1 is 1.29 bits per heavy atom. The van der Waals surface area contributed by atoms with Gasteiger partial charge in [0.2, 0.25) is 10.0 Å². The van der Waals surface area contributed by atoms with Crippen LogP contribution in [-0.2, 0) is 10.0 Å². The van der Waals surface area contributed by atoms with Crippen LogP contribution in [0.3, 0.4) is 0 Å². The van der Waals surface area contributed by atoms with Crippen LogP contribution >= 0.6 is 11.6 Å². The van der Waals surface area contributed by atoms with E-state index in [9.17, 15) is 26.0 Å². The lowest BCUT2D eigenvalue weighted by molar-refractivity contribution is -0.132. The average molecular weight is 292 g/mol. The third-order valence-corrected chi connectivity index (χ3v) is 3.28. The van der Waals surface area contributed by atoms with Crippen LogP contribution in [0, 0.1) is 5.82 Å². The summed E-state index contributed by atoms with van der Waals surface area (Å²) in [5, 5.41) is 1.20. The van der Waals surface area contributed by atoms with Crippen LogP contribution in [0.25, 0.3) is 0 Å². The SMILES string of the molecule is NS(=O)(=O)C(c1ccc(Cl)cc1F)C(F)(F)F. The molecule has 2 N–H and O–H groups in total. The number of halogens is 5. The first-order chi connectivity index (χ1) is 7.53. The molecule has 3 nitrogen and oxygen atoms in total. The maximum Gasteiger partial charge on any atom is 0.410 e. The van der Waals surface area contributed by atoms with E-state index in [1.165, 1.54) is 0 Å². The summed E-state index contributed by atoms with van der Waals surface area (Å²) in [6, 6.07) is 2.17. The summed E-state index contributed by atoms with van der Waals surface area (Å²) >= 11 is 5.35. The molecule has 17 heavy (non-hydrogen) atoms. The molecular weight excluding hydrogens is 286 g/mol. The predicted molar refractivity (Wildman–Crippen MR) is 53.3 cm³/mol. The number of hydrogen-bond donors (Lipinski definition) is 1. The van der Waals surface area contributed by atoms with Gasteiger partial charge in [-0.2, -0.15) is 13.2 Å². The summed E-state index contributed by atoms with van der Waals surface area (Å²) in [6.45, 7) is 0. The minimum absolute atomic E-state index is 0.151. The van der Waals surface area contributed by atoms with E-state index in [-0.39, 0.29) is 5.02 Å². The van der Waals surface area contributed by atoms with E-state index in [4.69, 9.17) is 11.6 Å². The second-order valence-corrected chi connectivity index (χ2v) is 5.26. The number of primary sulfonamides is 1. The molecule has 0 amide bonds. The van der Waals surface area contributed by atoms with Crippen LogP contribution in [0.4, 0.5) is 17.6 Å². The van der Waals surface area contributed by atoms with Gasteiger partial charge in [-0.05, 0) is 12.1 Å². The molecule has 0 aromatic heterocycles. The molecule has 1 aromatic rings. The molecule has 1 aromatic carbocycles. The molecule has 0 radical (unpaired) electrons. The van der Waals surface area contributed by atoms with Crippen molar-refractivity contribution >= 4 is 21.6 Å². The van der Waals surface area contributed by atoms with Crippen LogP contribution in [0.2, 0.25) is 5.02 Å². The first kappa shape index (κ1) is 14.2. The van der Waals surface area contributed by atoms with Gasteiger partial charge < -0.3 is 0 Å². The van der Waals surface area contributed by atoms with Gasteiger partial charge in [0.05, 0.1) is 0 Å². The molecule has 96 valence electrons. The first-order valence-electron chi connectivity index (χ1n) is 4.07. The van der Waals surface area contributed by atoms with Crippen molar-refractivity contribution in [3.8, 4) is 0 Å². The Hall–Kier alpha value is -0.860. The molecule has 0 aliphatic heterocycles. The van der Waals surface area contributed by atoms with Crippen molar-refractivity contribution in [3.05, 3.63) is 34.6 Å². The summed E-state index contributed by atoms with van der Waals surface area (Å²) in [5.41, 5.74) is -1.08. The smallest absolute Gasteiger partial charge is 0.228 e. The average Bonchev–Trinajstić information content (AvgIpc) is 2.04. The number of sulfonamides is 1. The second-order valence-electron chi connectivity index (χ2n) is 3.18. The van der Waals surface area contributed by atoms with Gasteiger partial charge in [0, 0.05) is 10.6 Å². The number of rotatable bonds is 2. The van der Waals surface area contributed by atoms with E-state index in [1.54, 1.807) is 0 Å². The number of nitrogens with two attached hydrogens (primary N) is 1. The number of benzene rings is 1. The largest absolute Gasteiger partial charge is 0.410 e. The zero-order chi connectivity index (χ0) is 13.4. The third kappa shape index (κ3) is 3.30. The summed E-state index contributed by atoms with van der Waals surface area (Å²) in [5.74, 6) is -1.38. The highest BCUT2D eigenvalue weighted by molar-refractivity contribution is 7.89. The number of alkyl halides is 3. The van der Waals surface area contributed by atoms with Crippen molar-refractivity contribution < 1.29 is 26.0 Å². The van der Waals surface area contributed by atoms with Crippen molar-refractivity contribution in [2.24, 2.45) is 5.14 Å². The highest BCUT2D eigenvalue weighted by Crippen LogP contribution is 2.39. The molecule has 0 aliphatic rings. The van der Waals surface area contributed by atoms with Gasteiger partial charge >= 0.3 is 6.18 Å². The van der Waals surface area contributed by atoms with E-state index in [1.807, 2.05) is 0 Å². The molecule has 1 unspecified atom stereocenters. The predicted octanol–water partition coefficient (Wildman–Crippen LogP) is 2.37.